The van der Waals surface area contributed by atoms with E-state index in [1.54, 1.807) is 0 Å². The van der Waals surface area contributed by atoms with Crippen LogP contribution in [0.4, 0.5) is 0 Å². The molecule has 1 radical (unpaired) electrons. The first-order valence-corrected chi connectivity index (χ1v) is 5.97. The van der Waals surface area contributed by atoms with E-state index < -0.39 is 0 Å². The van der Waals surface area contributed by atoms with Crippen LogP contribution in [0.2, 0.25) is 0 Å². The van der Waals surface area contributed by atoms with E-state index in [0.717, 1.165) is 12.1 Å². The van der Waals surface area contributed by atoms with Crippen molar-refractivity contribution in [3.8, 4) is 0 Å². The van der Waals surface area contributed by atoms with Gasteiger partial charge >= 0.3 is 0 Å². The number of hydrogen-bond acceptors (Lipinski definition) is 1. The Kier molecular flexibility index (Phi) is 2.42. The first-order valence-electron chi connectivity index (χ1n) is 5.97. The first-order chi connectivity index (χ1) is 6.36. The Morgan fingerprint density at radius 3 is 2.07 bits per heavy atom. The largest absolute Gasteiger partial charge is 0.311 e. The molecule has 2 aliphatic carbocycles. The van der Waals surface area contributed by atoms with Gasteiger partial charge in [-0.25, -0.2) is 0 Å². The Morgan fingerprint density at radius 2 is 1.64 bits per heavy atom. The van der Waals surface area contributed by atoms with Gasteiger partial charge in [-0.1, -0.05) is 27.7 Å². The highest BCUT2D eigenvalue weighted by atomic mass is 15.0. The lowest BCUT2D eigenvalue weighted by Crippen LogP contribution is -2.49. The van der Waals surface area contributed by atoms with E-state index in [1.807, 2.05) is 0 Å². The predicted molar refractivity (Wildman–Crippen MR) is 61.0 cm³/mol. The van der Waals surface area contributed by atoms with Gasteiger partial charge in [-0.3, -0.25) is 0 Å². The van der Waals surface area contributed by atoms with Crippen LogP contribution in [0, 0.1) is 17.3 Å². The molecule has 1 atom stereocenters. The molecule has 0 spiro atoms. The minimum Gasteiger partial charge on any atom is -0.311 e. The maximum Gasteiger partial charge on any atom is 0.00798 e. The second-order valence-electron chi connectivity index (χ2n) is 6.77. The number of rotatable bonds is 2. The molecule has 1 N–H and O–H groups in total. The van der Waals surface area contributed by atoms with Crippen molar-refractivity contribution in [1.29, 1.82) is 0 Å². The monoisotopic (exact) mass is 194 g/mol. The van der Waals surface area contributed by atoms with E-state index in [4.69, 9.17) is 0 Å². The van der Waals surface area contributed by atoms with Gasteiger partial charge in [0.25, 0.3) is 0 Å². The van der Waals surface area contributed by atoms with Gasteiger partial charge in [0.2, 0.25) is 0 Å². The third-order valence-corrected chi connectivity index (χ3v) is 3.80. The normalized spacial score (nSPS) is 35.6. The Morgan fingerprint density at radius 1 is 1.00 bits per heavy atom. The summed E-state index contributed by atoms with van der Waals surface area (Å²) < 4.78 is 0. The minimum absolute atomic E-state index is 0.469. The van der Waals surface area contributed by atoms with E-state index in [9.17, 15) is 0 Å². The molecule has 0 heterocycles. The fraction of sp³-hybridized carbons (Fsp3) is 0.923. The average molecular weight is 194 g/mol. The van der Waals surface area contributed by atoms with Gasteiger partial charge < -0.3 is 5.32 Å². The van der Waals surface area contributed by atoms with Crippen molar-refractivity contribution in [2.75, 3.05) is 0 Å². The molecule has 0 aliphatic heterocycles. The summed E-state index contributed by atoms with van der Waals surface area (Å²) >= 11 is 0. The maximum absolute atomic E-state index is 3.80. The van der Waals surface area contributed by atoms with Gasteiger partial charge in [-0.15, -0.1) is 0 Å². The smallest absolute Gasteiger partial charge is 0.00798 e. The van der Waals surface area contributed by atoms with Crippen LogP contribution in [0.5, 0.6) is 0 Å². The van der Waals surface area contributed by atoms with Crippen LogP contribution in [-0.2, 0) is 0 Å². The molecule has 0 amide bonds. The molecule has 0 aromatic heterocycles. The van der Waals surface area contributed by atoms with Gasteiger partial charge in [0, 0.05) is 12.1 Å². The van der Waals surface area contributed by atoms with Gasteiger partial charge in [-0.2, -0.15) is 0 Å². The summed E-state index contributed by atoms with van der Waals surface area (Å²) in [6.45, 7) is 9.44. The molecule has 0 aromatic rings. The van der Waals surface area contributed by atoms with E-state index in [0.29, 0.717) is 10.8 Å². The Labute approximate surface area is 88.7 Å². The van der Waals surface area contributed by atoms with Crippen LogP contribution in [0.15, 0.2) is 0 Å². The fourth-order valence-corrected chi connectivity index (χ4v) is 3.12. The van der Waals surface area contributed by atoms with Crippen LogP contribution < -0.4 is 5.32 Å². The minimum atomic E-state index is 0.469. The SMILES string of the molecule is CC1(C)[CH]CC(NC2CC(C)(C)C2)C1. The maximum atomic E-state index is 3.80. The van der Waals surface area contributed by atoms with Gasteiger partial charge in [0.05, 0.1) is 0 Å². The van der Waals surface area contributed by atoms with Gasteiger partial charge in [0.15, 0.2) is 0 Å². The van der Waals surface area contributed by atoms with Crippen molar-refractivity contribution < 1.29 is 0 Å². The standard InChI is InChI=1S/C13H24N/c1-12(2)6-5-10(7-12)14-11-8-13(3,4)9-11/h6,10-11,14H,5,7-9H2,1-4H3. The summed E-state index contributed by atoms with van der Waals surface area (Å²) in [5.41, 5.74) is 1.08. The lowest BCUT2D eigenvalue weighted by Gasteiger charge is -2.44. The molecule has 0 bridgehead atoms. The lowest BCUT2D eigenvalue weighted by atomic mass is 9.68. The van der Waals surface area contributed by atoms with Crippen molar-refractivity contribution in [3.63, 3.8) is 0 Å². The average Bonchev–Trinajstić information content (AvgIpc) is 2.26. The zero-order chi connectivity index (χ0) is 10.4. The first kappa shape index (κ1) is 10.5. The zero-order valence-electron chi connectivity index (χ0n) is 10.1. The summed E-state index contributed by atoms with van der Waals surface area (Å²) in [4.78, 5) is 0. The number of hydrogen-bond donors (Lipinski definition) is 1. The third-order valence-electron chi connectivity index (χ3n) is 3.80. The summed E-state index contributed by atoms with van der Waals surface area (Å²) in [6, 6.07) is 1.56. The quantitative estimate of drug-likeness (QED) is 0.712. The highest BCUT2D eigenvalue weighted by Crippen LogP contribution is 2.42. The van der Waals surface area contributed by atoms with E-state index in [2.05, 4.69) is 39.4 Å². The van der Waals surface area contributed by atoms with Crippen LogP contribution in [0.3, 0.4) is 0 Å². The fourth-order valence-electron chi connectivity index (χ4n) is 3.12. The Bertz CT molecular complexity index is 209. The van der Waals surface area contributed by atoms with Crippen LogP contribution in [0.1, 0.15) is 53.4 Å². The summed E-state index contributed by atoms with van der Waals surface area (Å²) in [6.07, 6.45) is 7.80. The molecule has 2 aliphatic rings. The molecular formula is C13H24N. The lowest BCUT2D eigenvalue weighted by molar-refractivity contribution is 0.115. The molecule has 1 heteroatoms. The molecule has 2 rings (SSSR count). The second-order valence-corrected chi connectivity index (χ2v) is 6.77. The van der Waals surface area contributed by atoms with Crippen molar-refractivity contribution in [2.24, 2.45) is 10.8 Å². The zero-order valence-corrected chi connectivity index (χ0v) is 10.1. The van der Waals surface area contributed by atoms with Gasteiger partial charge in [-0.05, 0) is 42.9 Å². The highest BCUT2D eigenvalue weighted by molar-refractivity contribution is 5.02. The summed E-state index contributed by atoms with van der Waals surface area (Å²) in [5, 5.41) is 3.80. The molecule has 0 aromatic carbocycles. The molecule has 2 saturated carbocycles. The van der Waals surface area contributed by atoms with Crippen molar-refractivity contribution in [2.45, 2.75) is 65.5 Å². The molecule has 0 saturated heterocycles. The van der Waals surface area contributed by atoms with Crippen molar-refractivity contribution in [1.82, 2.24) is 5.32 Å². The molecule has 2 fully saturated rings. The summed E-state index contributed by atoms with van der Waals surface area (Å²) in [7, 11) is 0. The topological polar surface area (TPSA) is 12.0 Å². The summed E-state index contributed by atoms with van der Waals surface area (Å²) in [5.74, 6) is 0. The van der Waals surface area contributed by atoms with E-state index >= 15 is 0 Å². The van der Waals surface area contributed by atoms with Crippen LogP contribution in [0.25, 0.3) is 0 Å². The van der Waals surface area contributed by atoms with E-state index in [1.165, 1.54) is 25.7 Å². The van der Waals surface area contributed by atoms with Crippen LogP contribution >= 0.6 is 0 Å². The predicted octanol–water partition coefficient (Wildman–Crippen LogP) is 3.16. The third kappa shape index (κ3) is 2.31. The molecular weight excluding hydrogens is 170 g/mol. The molecule has 1 unspecified atom stereocenters. The highest BCUT2D eigenvalue weighted by Gasteiger charge is 2.39. The second kappa shape index (κ2) is 3.23. The molecule has 81 valence electrons. The molecule has 14 heavy (non-hydrogen) atoms. The Balaban J connectivity index is 1.73. The van der Waals surface area contributed by atoms with E-state index in [-0.39, 0.29) is 0 Å². The van der Waals surface area contributed by atoms with Crippen molar-refractivity contribution >= 4 is 0 Å². The Hall–Kier alpha value is -0.0400. The molecule has 1 nitrogen and oxygen atoms in total. The number of nitrogens with one attached hydrogen (secondary N) is 1. The van der Waals surface area contributed by atoms with Gasteiger partial charge in [0.1, 0.15) is 0 Å². The van der Waals surface area contributed by atoms with Crippen molar-refractivity contribution in [3.05, 3.63) is 6.42 Å². The van der Waals surface area contributed by atoms with Crippen LogP contribution in [-0.4, -0.2) is 12.1 Å².